The maximum atomic E-state index is 13.7. The van der Waals surface area contributed by atoms with Crippen LogP contribution in [0.5, 0.6) is 0 Å². The Bertz CT molecular complexity index is 1440. The van der Waals surface area contributed by atoms with E-state index in [0.29, 0.717) is 10.2 Å². The molecule has 40 heavy (non-hydrogen) atoms. The second-order valence-corrected chi connectivity index (χ2v) is 11.3. The van der Waals surface area contributed by atoms with E-state index in [2.05, 4.69) is 42.4 Å². The molecule has 3 aromatic rings. The zero-order chi connectivity index (χ0) is 28.2. The summed E-state index contributed by atoms with van der Waals surface area (Å²) in [5.74, 6) is -1.24. The lowest BCUT2D eigenvalue weighted by molar-refractivity contribution is -0.154. The van der Waals surface area contributed by atoms with Crippen molar-refractivity contribution in [3.8, 4) is 0 Å². The number of oxime groups is 1. The van der Waals surface area contributed by atoms with Gasteiger partial charge < -0.3 is 20.6 Å². The molecule has 0 saturated carbocycles. The number of hydrogen-bond donors (Lipinski definition) is 2. The zero-order valence-electron chi connectivity index (χ0n) is 21.0. The van der Waals surface area contributed by atoms with Gasteiger partial charge in [0.05, 0.1) is 0 Å². The predicted octanol–water partition coefficient (Wildman–Crippen LogP) is 2.89. The first-order valence-electron chi connectivity index (χ1n) is 12.0. The van der Waals surface area contributed by atoms with E-state index in [4.69, 9.17) is 15.3 Å². The van der Waals surface area contributed by atoms with E-state index in [9.17, 15) is 14.4 Å². The normalized spacial score (nSPS) is 18.7. The van der Waals surface area contributed by atoms with Gasteiger partial charge in [0, 0.05) is 21.7 Å². The van der Waals surface area contributed by atoms with Crippen molar-refractivity contribution in [3.63, 3.8) is 0 Å². The van der Waals surface area contributed by atoms with E-state index in [-0.39, 0.29) is 22.4 Å². The third-order valence-electron chi connectivity index (χ3n) is 6.17. The Morgan fingerprint density at radius 3 is 2.38 bits per heavy atom. The molecule has 2 aromatic carbocycles. The summed E-state index contributed by atoms with van der Waals surface area (Å²) in [6.45, 7) is 0. The summed E-state index contributed by atoms with van der Waals surface area (Å²) < 4.78 is 10.6. The van der Waals surface area contributed by atoms with Crippen LogP contribution in [0.25, 0.3) is 0 Å². The third-order valence-corrected chi connectivity index (χ3v) is 8.97. The number of nitrogens with two attached hydrogens (primary N) is 1. The molecule has 3 heterocycles. The lowest BCUT2D eigenvalue weighted by atomic mass is 10.0. The van der Waals surface area contributed by atoms with E-state index in [0.717, 1.165) is 28.2 Å². The molecular weight excluding hydrogens is 667 g/mol. The Kier molecular flexibility index (Phi) is 8.66. The minimum atomic E-state index is -0.895. The summed E-state index contributed by atoms with van der Waals surface area (Å²) in [5.41, 5.74) is 8.05. The van der Waals surface area contributed by atoms with E-state index in [1.165, 1.54) is 23.8 Å². The van der Waals surface area contributed by atoms with Gasteiger partial charge in [-0.1, -0.05) is 88.4 Å². The number of thioether (sulfide) groups is 1. The fourth-order valence-electron chi connectivity index (χ4n) is 4.34. The second kappa shape index (κ2) is 12.3. The van der Waals surface area contributed by atoms with Crippen LogP contribution in [0.3, 0.4) is 0 Å². The number of nitrogens with one attached hydrogen (secondary N) is 1. The SMILES string of the molecule is CON=C(C(=O)NC1C(=O)N2C(C(=O)OC(c3ccccc3)c3ccccc3)=C(CI)CS[C@@H]12)c1nsc(N)n1. The van der Waals surface area contributed by atoms with E-state index in [1.807, 2.05) is 60.7 Å². The van der Waals surface area contributed by atoms with Crippen LogP contribution in [0.2, 0.25) is 0 Å². The molecule has 3 N–H and O–H groups in total. The summed E-state index contributed by atoms with van der Waals surface area (Å²) in [6, 6.07) is 18.0. The van der Waals surface area contributed by atoms with Crippen LogP contribution >= 0.6 is 45.9 Å². The molecule has 0 aliphatic carbocycles. The first-order valence-corrected chi connectivity index (χ1v) is 15.3. The van der Waals surface area contributed by atoms with Crippen LogP contribution in [0.4, 0.5) is 5.13 Å². The minimum absolute atomic E-state index is 0.00833. The van der Waals surface area contributed by atoms with E-state index in [1.54, 1.807) is 0 Å². The summed E-state index contributed by atoms with van der Waals surface area (Å²) in [4.78, 5) is 50.3. The molecule has 14 heteroatoms. The van der Waals surface area contributed by atoms with E-state index < -0.39 is 35.3 Å². The number of esters is 1. The van der Waals surface area contributed by atoms with Gasteiger partial charge in [-0.05, 0) is 16.7 Å². The maximum Gasteiger partial charge on any atom is 0.356 e. The number of hydrogen-bond acceptors (Lipinski definition) is 11. The quantitative estimate of drug-likeness (QED) is 0.0864. The van der Waals surface area contributed by atoms with Crippen LogP contribution in [-0.2, 0) is 24.0 Å². The van der Waals surface area contributed by atoms with Gasteiger partial charge in [0.25, 0.3) is 11.8 Å². The third kappa shape index (κ3) is 5.55. The highest BCUT2D eigenvalue weighted by atomic mass is 127. The number of anilines is 1. The molecule has 0 spiro atoms. The minimum Gasteiger partial charge on any atom is -0.448 e. The van der Waals surface area contributed by atoms with Crippen LogP contribution < -0.4 is 11.1 Å². The largest absolute Gasteiger partial charge is 0.448 e. The number of fused-ring (bicyclic) bond motifs is 1. The highest BCUT2D eigenvalue weighted by Crippen LogP contribution is 2.42. The van der Waals surface area contributed by atoms with Crippen molar-refractivity contribution in [3.05, 3.63) is 88.9 Å². The van der Waals surface area contributed by atoms with E-state index >= 15 is 0 Å². The van der Waals surface area contributed by atoms with Crippen LogP contribution in [0.1, 0.15) is 23.1 Å². The van der Waals surface area contributed by atoms with Gasteiger partial charge in [-0.2, -0.15) is 9.36 Å². The molecule has 2 aliphatic heterocycles. The van der Waals surface area contributed by atoms with Crippen molar-refractivity contribution in [1.29, 1.82) is 0 Å². The first-order chi connectivity index (χ1) is 19.4. The number of β-lactam (4-membered cyclic amide) rings is 1. The number of amides is 2. The number of carbonyl (C=O) groups is 3. The molecule has 206 valence electrons. The van der Waals surface area contributed by atoms with Gasteiger partial charge in [0.1, 0.15) is 24.2 Å². The van der Waals surface area contributed by atoms with Crippen LogP contribution in [0.15, 0.2) is 77.1 Å². The number of rotatable bonds is 9. The summed E-state index contributed by atoms with van der Waals surface area (Å²) in [7, 11) is 1.28. The molecular formula is C26H23IN6O5S2. The average Bonchev–Trinajstić information content (AvgIpc) is 3.42. The van der Waals surface area contributed by atoms with Crippen LogP contribution in [-0.4, -0.2) is 66.5 Å². The molecule has 2 atom stereocenters. The van der Waals surface area contributed by atoms with Gasteiger partial charge in [-0.15, -0.1) is 11.8 Å². The number of alkyl halides is 1. The average molecular weight is 691 g/mol. The van der Waals surface area contributed by atoms with Crippen molar-refractivity contribution < 1.29 is 24.0 Å². The Balaban J connectivity index is 1.37. The van der Waals surface area contributed by atoms with Crippen molar-refractivity contribution in [2.45, 2.75) is 17.5 Å². The van der Waals surface area contributed by atoms with Gasteiger partial charge >= 0.3 is 5.97 Å². The molecule has 0 bridgehead atoms. The summed E-state index contributed by atoms with van der Waals surface area (Å²) in [6.07, 6.45) is -0.663. The van der Waals surface area contributed by atoms with Gasteiger partial charge in [-0.3, -0.25) is 14.5 Å². The second-order valence-electron chi connectivity index (χ2n) is 8.63. The molecule has 0 radical (unpaired) electrons. The molecule has 5 rings (SSSR count). The first kappa shape index (κ1) is 28.0. The number of aromatic nitrogens is 2. The summed E-state index contributed by atoms with van der Waals surface area (Å²) in [5, 5.41) is 6.06. The molecule has 2 amide bonds. The monoisotopic (exact) mass is 690 g/mol. The molecule has 11 nitrogen and oxygen atoms in total. The van der Waals surface area contributed by atoms with Crippen molar-refractivity contribution in [1.82, 2.24) is 19.6 Å². The van der Waals surface area contributed by atoms with Crippen molar-refractivity contribution in [2.75, 3.05) is 23.0 Å². The zero-order valence-corrected chi connectivity index (χ0v) is 24.8. The number of benzene rings is 2. The molecule has 1 saturated heterocycles. The van der Waals surface area contributed by atoms with Gasteiger partial charge in [-0.25, -0.2) is 4.79 Å². The Morgan fingerprint density at radius 2 is 1.82 bits per heavy atom. The summed E-state index contributed by atoms with van der Waals surface area (Å²) >= 11 is 4.53. The number of nitrogen functional groups attached to an aromatic ring is 1. The lowest BCUT2D eigenvalue weighted by Gasteiger charge is -2.49. The topological polar surface area (TPSA) is 149 Å². The Morgan fingerprint density at radius 1 is 1.18 bits per heavy atom. The highest BCUT2D eigenvalue weighted by molar-refractivity contribution is 14.1. The number of nitrogens with zero attached hydrogens (tertiary/aromatic N) is 4. The Labute approximate surface area is 251 Å². The molecule has 1 unspecified atom stereocenters. The van der Waals surface area contributed by atoms with Gasteiger partial charge in [0.15, 0.2) is 11.2 Å². The van der Waals surface area contributed by atoms with Crippen molar-refractivity contribution >= 4 is 74.5 Å². The number of ether oxygens (including phenoxy) is 1. The predicted molar refractivity (Wildman–Crippen MR) is 160 cm³/mol. The smallest absolute Gasteiger partial charge is 0.356 e. The fourth-order valence-corrected chi connectivity index (χ4v) is 7.12. The lowest BCUT2D eigenvalue weighted by Crippen LogP contribution is -2.71. The van der Waals surface area contributed by atoms with Gasteiger partial charge in [0.2, 0.25) is 11.5 Å². The number of carbonyl (C=O) groups excluding carboxylic acids is 3. The molecule has 2 aliphatic rings. The Hall–Kier alpha value is -3.50. The highest BCUT2D eigenvalue weighted by Gasteiger charge is 2.55. The molecule has 1 fully saturated rings. The van der Waals surface area contributed by atoms with Crippen molar-refractivity contribution in [2.24, 2.45) is 5.16 Å². The molecule has 1 aromatic heterocycles. The fraction of sp³-hybridized carbons (Fsp3) is 0.231. The number of halogens is 1. The van der Waals surface area contributed by atoms with Crippen LogP contribution in [0, 0.1) is 0 Å². The maximum absolute atomic E-state index is 13.7. The standard InChI is InChI=1S/C26H23IN6O5S2/c1-37-31-17(21-30-26(28)40-32-21)22(34)29-18-23(35)33-19(16(12-27)13-39-24(18)33)25(36)38-20(14-8-4-2-5-9-14)15-10-6-3-7-11-15/h2-11,18,20,24H,12-13H2,1H3,(H,29,34)(H2,28,30,32)/t18?,24-/m0/s1.